The van der Waals surface area contributed by atoms with Crippen LogP contribution in [0, 0.1) is 13.8 Å². The lowest BCUT2D eigenvalue weighted by atomic mass is 9.86. The summed E-state index contributed by atoms with van der Waals surface area (Å²) in [6, 6.07) is 48.8. The third-order valence-electron chi connectivity index (χ3n) is 9.26. The predicted molar refractivity (Wildman–Crippen MR) is 183 cm³/mol. The third-order valence-corrected chi connectivity index (χ3v) is 9.26. The lowest BCUT2D eigenvalue weighted by Crippen LogP contribution is -1.91. The molecule has 0 bridgehead atoms. The van der Waals surface area contributed by atoms with E-state index in [4.69, 9.17) is 4.42 Å². The van der Waals surface area contributed by atoms with Crippen LogP contribution in [0.1, 0.15) is 11.1 Å². The lowest BCUT2D eigenvalue weighted by Gasteiger charge is -2.17. The maximum atomic E-state index is 6.38. The van der Waals surface area contributed by atoms with Gasteiger partial charge in [0.25, 0.3) is 0 Å². The van der Waals surface area contributed by atoms with Crippen LogP contribution in [0.25, 0.3) is 87.6 Å². The number of hydrogen-bond acceptors (Lipinski definition) is 1. The molecule has 8 aromatic carbocycles. The van der Waals surface area contributed by atoms with Crippen molar-refractivity contribution in [3.63, 3.8) is 0 Å². The van der Waals surface area contributed by atoms with Crippen LogP contribution < -0.4 is 0 Å². The monoisotopic (exact) mass is 548 g/mol. The van der Waals surface area contributed by atoms with E-state index in [0.29, 0.717) is 0 Å². The van der Waals surface area contributed by atoms with Gasteiger partial charge >= 0.3 is 0 Å². The highest BCUT2D eigenvalue weighted by molar-refractivity contribution is 6.27. The van der Waals surface area contributed by atoms with Gasteiger partial charge in [0.05, 0.1) is 0 Å². The van der Waals surface area contributed by atoms with E-state index in [1.54, 1.807) is 0 Å². The van der Waals surface area contributed by atoms with Crippen LogP contribution in [0.2, 0.25) is 0 Å². The van der Waals surface area contributed by atoms with Crippen molar-refractivity contribution in [1.29, 1.82) is 0 Å². The topological polar surface area (TPSA) is 13.1 Å². The van der Waals surface area contributed by atoms with Gasteiger partial charge in [-0.1, -0.05) is 133 Å². The molecule has 9 rings (SSSR count). The van der Waals surface area contributed by atoms with Crippen molar-refractivity contribution in [1.82, 2.24) is 0 Å². The highest BCUT2D eigenvalue weighted by Crippen LogP contribution is 2.43. The predicted octanol–water partition coefficient (Wildman–Crippen LogP) is 12.1. The Hall–Kier alpha value is -5.40. The third kappa shape index (κ3) is 3.58. The van der Waals surface area contributed by atoms with Gasteiger partial charge in [-0.2, -0.15) is 0 Å². The zero-order valence-electron chi connectivity index (χ0n) is 24.1. The zero-order chi connectivity index (χ0) is 28.7. The molecule has 43 heavy (non-hydrogen) atoms. The Balaban J connectivity index is 1.22. The standard InChI is InChI=1S/C42H28O/c1-25-10-12-27(13-11-25)32-20-14-28-17-23-36-33(21-15-29-16-22-35(32)40(28)41(29)36)30-18-19-31(26(2)24-30)37-7-5-8-38-34-6-3-4-9-39(34)43-42(37)38/h3-24H,1-2H3. The highest BCUT2D eigenvalue weighted by atomic mass is 16.3. The molecule has 0 atom stereocenters. The summed E-state index contributed by atoms with van der Waals surface area (Å²) in [5.74, 6) is 0. The summed E-state index contributed by atoms with van der Waals surface area (Å²) in [5.41, 5.74) is 11.8. The first kappa shape index (κ1) is 24.2. The molecule has 0 aliphatic carbocycles. The first-order valence-corrected chi connectivity index (χ1v) is 14.9. The summed E-state index contributed by atoms with van der Waals surface area (Å²) in [6.45, 7) is 4.35. The molecule has 9 aromatic rings. The Kier molecular flexibility index (Phi) is 5.10. The fraction of sp³-hybridized carbons (Fsp3) is 0.0476. The highest BCUT2D eigenvalue weighted by Gasteiger charge is 2.17. The second kappa shape index (κ2) is 9.05. The molecule has 0 radical (unpaired) electrons. The van der Waals surface area contributed by atoms with Gasteiger partial charge in [0.2, 0.25) is 0 Å². The smallest absolute Gasteiger partial charge is 0.143 e. The van der Waals surface area contributed by atoms with Crippen LogP contribution in [0.4, 0.5) is 0 Å². The summed E-state index contributed by atoms with van der Waals surface area (Å²) in [6.07, 6.45) is 0. The molecule has 0 aliphatic heterocycles. The summed E-state index contributed by atoms with van der Waals surface area (Å²) >= 11 is 0. The molecule has 202 valence electrons. The van der Waals surface area contributed by atoms with Gasteiger partial charge < -0.3 is 4.42 Å². The molecular formula is C42H28O. The number of fused-ring (bicyclic) bond motifs is 3. The Morgan fingerprint density at radius 1 is 0.419 bits per heavy atom. The number of benzene rings is 8. The van der Waals surface area contributed by atoms with E-state index in [1.165, 1.54) is 71.3 Å². The molecular weight excluding hydrogens is 520 g/mol. The molecule has 1 heterocycles. The van der Waals surface area contributed by atoms with Gasteiger partial charge in [-0.25, -0.2) is 0 Å². The maximum Gasteiger partial charge on any atom is 0.143 e. The normalized spacial score (nSPS) is 12.0. The van der Waals surface area contributed by atoms with Gasteiger partial charge in [-0.3, -0.25) is 0 Å². The Morgan fingerprint density at radius 2 is 1.02 bits per heavy atom. The first-order chi connectivity index (χ1) is 21.1. The molecule has 0 saturated heterocycles. The summed E-state index contributed by atoms with van der Waals surface area (Å²) in [7, 11) is 0. The van der Waals surface area contributed by atoms with E-state index >= 15 is 0 Å². The average Bonchev–Trinajstić information content (AvgIpc) is 3.43. The lowest BCUT2D eigenvalue weighted by molar-refractivity contribution is 0.670. The average molecular weight is 549 g/mol. The minimum Gasteiger partial charge on any atom is -0.455 e. The van der Waals surface area contributed by atoms with Gasteiger partial charge in [0.1, 0.15) is 11.2 Å². The summed E-state index contributed by atoms with van der Waals surface area (Å²) in [5, 5.41) is 10.2. The molecule has 1 aromatic heterocycles. The minimum atomic E-state index is 0.929. The Bertz CT molecular complexity index is 2510. The molecule has 1 nitrogen and oxygen atoms in total. The second-order valence-corrected chi connectivity index (χ2v) is 11.8. The van der Waals surface area contributed by atoms with E-state index in [0.717, 1.165) is 27.5 Å². The quantitative estimate of drug-likeness (QED) is 0.200. The van der Waals surface area contributed by atoms with E-state index in [-0.39, 0.29) is 0 Å². The number of furan rings is 1. The number of aryl methyl sites for hydroxylation is 2. The van der Waals surface area contributed by atoms with Crippen LogP contribution in [0.5, 0.6) is 0 Å². The Morgan fingerprint density at radius 3 is 1.74 bits per heavy atom. The van der Waals surface area contributed by atoms with E-state index in [1.807, 2.05) is 12.1 Å². The molecule has 0 unspecified atom stereocenters. The first-order valence-electron chi connectivity index (χ1n) is 14.9. The molecule has 0 N–H and O–H groups in total. The van der Waals surface area contributed by atoms with Crippen molar-refractivity contribution >= 4 is 54.3 Å². The van der Waals surface area contributed by atoms with Gasteiger partial charge in [0, 0.05) is 16.3 Å². The van der Waals surface area contributed by atoms with Crippen LogP contribution in [-0.2, 0) is 0 Å². The van der Waals surface area contributed by atoms with Crippen molar-refractivity contribution < 1.29 is 4.42 Å². The zero-order valence-corrected chi connectivity index (χ0v) is 24.1. The van der Waals surface area contributed by atoms with E-state index in [2.05, 4.69) is 135 Å². The van der Waals surface area contributed by atoms with Gasteiger partial charge in [-0.15, -0.1) is 0 Å². The molecule has 0 aliphatic rings. The molecule has 1 heteroatoms. The SMILES string of the molecule is Cc1ccc(-c2ccc3ccc4c(-c5ccc(-c6cccc7c6oc6ccccc67)c(C)c5)ccc5ccc2c3c54)cc1. The Labute approximate surface area is 250 Å². The van der Waals surface area contributed by atoms with Gasteiger partial charge in [0.15, 0.2) is 0 Å². The largest absolute Gasteiger partial charge is 0.455 e. The second-order valence-electron chi connectivity index (χ2n) is 11.8. The fourth-order valence-electron chi connectivity index (χ4n) is 7.13. The van der Waals surface area contributed by atoms with Crippen LogP contribution in [0.15, 0.2) is 138 Å². The van der Waals surface area contributed by atoms with Crippen molar-refractivity contribution in [3.05, 3.63) is 145 Å². The van der Waals surface area contributed by atoms with Crippen molar-refractivity contribution in [3.8, 4) is 33.4 Å². The molecule has 0 fully saturated rings. The molecule has 0 spiro atoms. The van der Waals surface area contributed by atoms with Crippen LogP contribution in [-0.4, -0.2) is 0 Å². The summed E-state index contributed by atoms with van der Waals surface area (Å²) in [4.78, 5) is 0. The van der Waals surface area contributed by atoms with Crippen molar-refractivity contribution in [2.24, 2.45) is 0 Å². The minimum absolute atomic E-state index is 0.929. The van der Waals surface area contributed by atoms with E-state index in [9.17, 15) is 0 Å². The van der Waals surface area contributed by atoms with Crippen molar-refractivity contribution in [2.75, 3.05) is 0 Å². The fourth-order valence-corrected chi connectivity index (χ4v) is 7.13. The van der Waals surface area contributed by atoms with E-state index < -0.39 is 0 Å². The van der Waals surface area contributed by atoms with Crippen molar-refractivity contribution in [2.45, 2.75) is 13.8 Å². The van der Waals surface area contributed by atoms with Crippen LogP contribution in [0.3, 0.4) is 0 Å². The summed E-state index contributed by atoms with van der Waals surface area (Å²) < 4.78 is 6.38. The number of rotatable bonds is 3. The molecule has 0 saturated carbocycles. The van der Waals surface area contributed by atoms with Crippen LogP contribution >= 0.6 is 0 Å². The van der Waals surface area contributed by atoms with Gasteiger partial charge in [-0.05, 0) is 85.6 Å². The maximum absolute atomic E-state index is 6.38. The molecule has 0 amide bonds. The number of hydrogen-bond donors (Lipinski definition) is 0. The number of para-hydroxylation sites is 2.